The number of nitrogen functional groups attached to an aromatic ring is 1. The Kier molecular flexibility index (Phi) is 4.05. The molecule has 2 aromatic rings. The van der Waals surface area contributed by atoms with Crippen LogP contribution in [0.5, 0.6) is 5.75 Å². The summed E-state index contributed by atoms with van der Waals surface area (Å²) in [5, 5.41) is 20.1. The van der Waals surface area contributed by atoms with E-state index >= 15 is 0 Å². The first-order valence-corrected chi connectivity index (χ1v) is 7.37. The van der Waals surface area contributed by atoms with Crippen LogP contribution in [0.3, 0.4) is 0 Å². The van der Waals surface area contributed by atoms with E-state index in [1.807, 2.05) is 12.5 Å². The van der Waals surface area contributed by atoms with Crippen LogP contribution in [0.1, 0.15) is 17.5 Å². The van der Waals surface area contributed by atoms with Gasteiger partial charge in [-0.05, 0) is 36.3 Å². The first-order chi connectivity index (χ1) is 11.1. The van der Waals surface area contributed by atoms with E-state index in [0.29, 0.717) is 33.8 Å². The van der Waals surface area contributed by atoms with Crippen molar-refractivity contribution in [1.29, 1.82) is 5.26 Å². The first-order valence-electron chi connectivity index (χ1n) is 6.99. The standard InChI is InChI=1S/C18H13ClN3O/c19-12-7-5-11(6-8-12)14-9-16(22-18(21)15(14)10-20)13-3-1-2-4-17(13)23/h1-5,7-9,23H,6H2,(H2,21,22). The summed E-state index contributed by atoms with van der Waals surface area (Å²) < 4.78 is 0. The van der Waals surface area contributed by atoms with Crippen LogP contribution in [0.4, 0.5) is 5.82 Å². The number of rotatable bonds is 2. The number of phenolic OH excluding ortho intramolecular Hbond substituents is 1. The Bertz CT molecular complexity index is 878. The number of phenols is 1. The number of hydrogen-bond donors (Lipinski definition) is 2. The Morgan fingerprint density at radius 1 is 1.22 bits per heavy atom. The summed E-state index contributed by atoms with van der Waals surface area (Å²) in [5.41, 5.74) is 9.01. The minimum atomic E-state index is 0.113. The number of para-hydroxylation sites is 1. The maximum absolute atomic E-state index is 10.0. The van der Waals surface area contributed by atoms with Crippen molar-refractivity contribution in [3.05, 3.63) is 65.1 Å². The molecule has 1 heterocycles. The number of pyridine rings is 1. The second-order valence-corrected chi connectivity index (χ2v) is 5.53. The lowest BCUT2D eigenvalue weighted by atomic mass is 9.93. The number of allylic oxidation sites excluding steroid dienone is 4. The van der Waals surface area contributed by atoms with E-state index in [9.17, 15) is 10.4 Å². The molecule has 0 aliphatic heterocycles. The lowest BCUT2D eigenvalue weighted by Gasteiger charge is -2.15. The van der Waals surface area contributed by atoms with Gasteiger partial charge in [-0.15, -0.1) is 0 Å². The van der Waals surface area contributed by atoms with Gasteiger partial charge in [0.15, 0.2) is 0 Å². The van der Waals surface area contributed by atoms with Gasteiger partial charge in [0, 0.05) is 22.6 Å². The third-order valence-electron chi connectivity index (χ3n) is 3.65. The van der Waals surface area contributed by atoms with E-state index in [-0.39, 0.29) is 11.6 Å². The Balaban J connectivity index is 2.20. The topological polar surface area (TPSA) is 82.9 Å². The molecule has 1 aliphatic carbocycles. The van der Waals surface area contributed by atoms with Crippen molar-refractivity contribution in [2.24, 2.45) is 0 Å². The molecule has 3 N–H and O–H groups in total. The highest BCUT2D eigenvalue weighted by Crippen LogP contribution is 2.35. The predicted octanol–water partition coefficient (Wildman–Crippen LogP) is 4.02. The quantitative estimate of drug-likeness (QED) is 0.874. The fraction of sp³-hybridized carbons (Fsp3) is 0.0556. The zero-order valence-corrected chi connectivity index (χ0v) is 12.9. The Morgan fingerprint density at radius 3 is 2.65 bits per heavy atom. The van der Waals surface area contributed by atoms with Crippen LogP contribution in [0.2, 0.25) is 0 Å². The van der Waals surface area contributed by atoms with Crippen LogP contribution < -0.4 is 5.73 Å². The fourth-order valence-electron chi connectivity index (χ4n) is 2.49. The van der Waals surface area contributed by atoms with Gasteiger partial charge in [-0.2, -0.15) is 5.26 Å². The van der Waals surface area contributed by atoms with Gasteiger partial charge in [0.05, 0.1) is 5.69 Å². The maximum Gasteiger partial charge on any atom is 0.142 e. The van der Waals surface area contributed by atoms with Gasteiger partial charge in [0.2, 0.25) is 0 Å². The molecule has 0 atom stereocenters. The summed E-state index contributed by atoms with van der Waals surface area (Å²) in [4.78, 5) is 4.26. The molecule has 23 heavy (non-hydrogen) atoms. The molecule has 4 nitrogen and oxygen atoms in total. The summed E-state index contributed by atoms with van der Waals surface area (Å²) in [6.07, 6.45) is 6.12. The van der Waals surface area contributed by atoms with Gasteiger partial charge in [-0.25, -0.2) is 4.98 Å². The summed E-state index contributed by atoms with van der Waals surface area (Å²) in [6.45, 7) is 0. The molecular weight excluding hydrogens is 310 g/mol. The molecule has 0 unspecified atom stereocenters. The highest BCUT2D eigenvalue weighted by molar-refractivity contribution is 6.31. The smallest absolute Gasteiger partial charge is 0.142 e. The van der Waals surface area contributed by atoms with Gasteiger partial charge >= 0.3 is 0 Å². The van der Waals surface area contributed by atoms with E-state index in [2.05, 4.69) is 11.1 Å². The number of benzene rings is 1. The second kappa shape index (κ2) is 6.15. The van der Waals surface area contributed by atoms with Crippen molar-refractivity contribution >= 4 is 23.0 Å². The fourth-order valence-corrected chi connectivity index (χ4v) is 2.63. The number of aromatic hydroxyl groups is 1. The van der Waals surface area contributed by atoms with E-state index in [1.165, 1.54) is 0 Å². The summed E-state index contributed by atoms with van der Waals surface area (Å²) in [6, 6.07) is 10.8. The summed E-state index contributed by atoms with van der Waals surface area (Å²) >= 11 is 5.95. The molecule has 0 spiro atoms. The molecule has 0 amide bonds. The highest BCUT2D eigenvalue weighted by Gasteiger charge is 2.17. The minimum Gasteiger partial charge on any atom is -0.507 e. The maximum atomic E-state index is 10.0. The second-order valence-electron chi connectivity index (χ2n) is 5.10. The largest absolute Gasteiger partial charge is 0.507 e. The molecular formula is C18H13ClN3O. The van der Waals surface area contributed by atoms with Crippen molar-refractivity contribution in [2.45, 2.75) is 6.42 Å². The number of hydrogen-bond acceptors (Lipinski definition) is 4. The third kappa shape index (κ3) is 2.92. The number of anilines is 1. The Hall–Kier alpha value is -2.77. The molecule has 0 saturated carbocycles. The van der Waals surface area contributed by atoms with Crippen LogP contribution in [0.25, 0.3) is 16.8 Å². The van der Waals surface area contributed by atoms with Crippen molar-refractivity contribution in [2.75, 3.05) is 5.73 Å². The zero-order chi connectivity index (χ0) is 16.4. The van der Waals surface area contributed by atoms with Crippen molar-refractivity contribution in [3.8, 4) is 23.1 Å². The normalized spacial score (nSPS) is 13.9. The van der Waals surface area contributed by atoms with Crippen LogP contribution in [0, 0.1) is 17.8 Å². The predicted molar refractivity (Wildman–Crippen MR) is 91.3 cm³/mol. The molecule has 0 saturated heterocycles. The number of aromatic nitrogens is 1. The Labute approximate surface area is 139 Å². The molecule has 3 rings (SSSR count). The molecule has 0 bridgehead atoms. The van der Waals surface area contributed by atoms with E-state index < -0.39 is 0 Å². The summed E-state index contributed by atoms with van der Waals surface area (Å²) in [5.74, 6) is 0.256. The third-order valence-corrected chi connectivity index (χ3v) is 3.93. The van der Waals surface area contributed by atoms with Crippen LogP contribution in [-0.2, 0) is 0 Å². The molecule has 113 valence electrons. The summed E-state index contributed by atoms with van der Waals surface area (Å²) in [7, 11) is 0. The van der Waals surface area contributed by atoms with Gasteiger partial charge < -0.3 is 10.8 Å². The van der Waals surface area contributed by atoms with E-state index in [0.717, 1.165) is 5.57 Å². The van der Waals surface area contributed by atoms with Crippen molar-refractivity contribution < 1.29 is 5.11 Å². The molecule has 1 aromatic heterocycles. The molecule has 1 aliphatic rings. The number of nitriles is 1. The van der Waals surface area contributed by atoms with Gasteiger partial charge in [-0.3, -0.25) is 0 Å². The van der Waals surface area contributed by atoms with Gasteiger partial charge in [-0.1, -0.05) is 29.8 Å². The molecule has 0 fully saturated rings. The lowest BCUT2D eigenvalue weighted by molar-refractivity contribution is 0.477. The first kappa shape index (κ1) is 15.1. The van der Waals surface area contributed by atoms with Crippen LogP contribution >= 0.6 is 11.6 Å². The monoisotopic (exact) mass is 322 g/mol. The average molecular weight is 323 g/mol. The molecule has 5 heteroatoms. The molecule has 1 radical (unpaired) electrons. The van der Waals surface area contributed by atoms with Crippen molar-refractivity contribution in [3.63, 3.8) is 0 Å². The van der Waals surface area contributed by atoms with Crippen molar-refractivity contribution in [1.82, 2.24) is 4.98 Å². The zero-order valence-electron chi connectivity index (χ0n) is 12.1. The van der Waals surface area contributed by atoms with E-state index in [4.69, 9.17) is 17.3 Å². The number of nitrogens with zero attached hydrogens (tertiary/aromatic N) is 2. The SMILES string of the molecule is N#Cc1c(C2=CC=C(Cl)[CH]C2)cc(-c2ccccc2O)nc1N. The highest BCUT2D eigenvalue weighted by atomic mass is 35.5. The average Bonchev–Trinajstić information content (AvgIpc) is 2.55. The lowest BCUT2D eigenvalue weighted by Crippen LogP contribution is -2.03. The van der Waals surface area contributed by atoms with Crippen LogP contribution in [-0.4, -0.2) is 10.1 Å². The van der Waals surface area contributed by atoms with Gasteiger partial charge in [0.1, 0.15) is 23.2 Å². The number of nitrogens with two attached hydrogens (primary N) is 1. The van der Waals surface area contributed by atoms with Gasteiger partial charge in [0.25, 0.3) is 0 Å². The Morgan fingerprint density at radius 2 is 2.00 bits per heavy atom. The van der Waals surface area contributed by atoms with Crippen LogP contribution in [0.15, 0.2) is 47.5 Å². The van der Waals surface area contributed by atoms with E-state index in [1.54, 1.807) is 36.4 Å². The molecule has 1 aromatic carbocycles. The minimum absolute atomic E-state index is 0.113. The number of halogens is 1.